The molecule has 3 amide bonds. The van der Waals surface area contributed by atoms with E-state index in [1.165, 1.54) is 32.4 Å². The molecule has 7 heteroatoms. The van der Waals surface area contributed by atoms with Crippen LogP contribution in [0.5, 0.6) is 5.75 Å². The van der Waals surface area contributed by atoms with Gasteiger partial charge in [0, 0.05) is 18.8 Å². The maximum atomic E-state index is 13.2. The van der Waals surface area contributed by atoms with Crippen LogP contribution in [-0.2, 0) is 4.79 Å². The van der Waals surface area contributed by atoms with Crippen LogP contribution >= 0.6 is 0 Å². The Labute approximate surface area is 110 Å². The lowest BCUT2D eigenvalue weighted by atomic mass is 10.2. The highest BCUT2D eigenvalue weighted by atomic mass is 19.1. The molecule has 1 unspecified atom stereocenters. The summed E-state index contributed by atoms with van der Waals surface area (Å²) >= 11 is 0. The van der Waals surface area contributed by atoms with Crippen molar-refractivity contribution in [2.75, 3.05) is 19.5 Å². The number of hydrogen-bond acceptors (Lipinski definition) is 4. The topological polar surface area (TPSA) is 79.5 Å². The van der Waals surface area contributed by atoms with Crippen LogP contribution in [0.2, 0.25) is 0 Å². The van der Waals surface area contributed by atoms with E-state index in [0.717, 1.165) is 0 Å². The zero-order valence-electron chi connectivity index (χ0n) is 10.9. The zero-order chi connectivity index (χ0) is 14.4. The minimum absolute atomic E-state index is 0.0731. The number of methoxy groups -OCH3 is 1. The Morgan fingerprint density at radius 1 is 1.37 bits per heavy atom. The largest absolute Gasteiger partial charge is 0.494 e. The molecule has 0 radical (unpaired) electrons. The van der Waals surface area contributed by atoms with Crippen molar-refractivity contribution in [1.29, 1.82) is 0 Å². The predicted molar refractivity (Wildman–Crippen MR) is 68.6 cm³/mol. The second kappa shape index (κ2) is 6.58. The second-order valence-corrected chi connectivity index (χ2v) is 3.78. The highest BCUT2D eigenvalue weighted by Gasteiger charge is 2.15. The predicted octanol–water partition coefficient (Wildman–Crippen LogP) is 1.09. The molecule has 0 bridgehead atoms. The number of anilines is 1. The fourth-order valence-electron chi connectivity index (χ4n) is 1.35. The summed E-state index contributed by atoms with van der Waals surface area (Å²) in [6.45, 7) is 1.58. The van der Waals surface area contributed by atoms with E-state index in [1.54, 1.807) is 6.92 Å². The summed E-state index contributed by atoms with van der Waals surface area (Å²) in [6, 6.07) is 2.88. The van der Waals surface area contributed by atoms with E-state index in [0.29, 0.717) is 5.69 Å². The van der Waals surface area contributed by atoms with Gasteiger partial charge in [-0.1, -0.05) is 0 Å². The van der Waals surface area contributed by atoms with E-state index in [4.69, 9.17) is 4.74 Å². The first-order chi connectivity index (χ1) is 8.97. The van der Waals surface area contributed by atoms with Crippen molar-refractivity contribution in [2.24, 2.45) is 0 Å². The summed E-state index contributed by atoms with van der Waals surface area (Å²) < 4.78 is 18.0. The van der Waals surface area contributed by atoms with Gasteiger partial charge in [0.2, 0.25) is 5.91 Å². The van der Waals surface area contributed by atoms with Crippen LogP contribution < -0.4 is 20.7 Å². The fraction of sp³-hybridized carbons (Fsp3) is 0.333. The van der Waals surface area contributed by atoms with Gasteiger partial charge in [-0.2, -0.15) is 0 Å². The number of ether oxygens (including phenoxy) is 1. The second-order valence-electron chi connectivity index (χ2n) is 3.78. The Bertz CT molecular complexity index is 479. The molecule has 0 aliphatic carbocycles. The van der Waals surface area contributed by atoms with Gasteiger partial charge in [0.15, 0.2) is 11.6 Å². The Morgan fingerprint density at radius 2 is 2.05 bits per heavy atom. The number of halogens is 1. The van der Waals surface area contributed by atoms with Gasteiger partial charge in [-0.05, 0) is 19.1 Å². The van der Waals surface area contributed by atoms with E-state index < -0.39 is 23.8 Å². The molecule has 1 aromatic carbocycles. The summed E-state index contributed by atoms with van der Waals surface area (Å²) in [5, 5.41) is 7.24. The molecular formula is C12H16FN3O3. The summed E-state index contributed by atoms with van der Waals surface area (Å²) in [4.78, 5) is 22.6. The molecule has 0 aliphatic rings. The molecular weight excluding hydrogens is 253 g/mol. The van der Waals surface area contributed by atoms with Crippen molar-refractivity contribution in [3.8, 4) is 5.75 Å². The average molecular weight is 269 g/mol. The van der Waals surface area contributed by atoms with Gasteiger partial charge in [-0.25, -0.2) is 9.18 Å². The molecule has 0 heterocycles. The van der Waals surface area contributed by atoms with Crippen molar-refractivity contribution in [1.82, 2.24) is 10.6 Å². The van der Waals surface area contributed by atoms with Crippen LogP contribution in [0.15, 0.2) is 18.2 Å². The van der Waals surface area contributed by atoms with E-state index in [-0.39, 0.29) is 5.75 Å². The third-order valence-electron chi connectivity index (χ3n) is 2.39. The lowest BCUT2D eigenvalue weighted by molar-refractivity contribution is -0.120. The molecule has 6 nitrogen and oxygen atoms in total. The average Bonchev–Trinajstić information content (AvgIpc) is 2.40. The van der Waals surface area contributed by atoms with Crippen LogP contribution in [0.25, 0.3) is 0 Å². The molecule has 0 saturated heterocycles. The van der Waals surface area contributed by atoms with Crippen LogP contribution in [0, 0.1) is 5.82 Å². The van der Waals surface area contributed by atoms with Crippen molar-refractivity contribution in [3.05, 3.63) is 24.0 Å². The molecule has 3 N–H and O–H groups in total. The van der Waals surface area contributed by atoms with Crippen LogP contribution in [0.3, 0.4) is 0 Å². The van der Waals surface area contributed by atoms with Crippen molar-refractivity contribution >= 4 is 17.6 Å². The van der Waals surface area contributed by atoms with Crippen molar-refractivity contribution < 1.29 is 18.7 Å². The van der Waals surface area contributed by atoms with Crippen molar-refractivity contribution in [2.45, 2.75) is 13.0 Å². The van der Waals surface area contributed by atoms with E-state index in [9.17, 15) is 14.0 Å². The van der Waals surface area contributed by atoms with E-state index >= 15 is 0 Å². The van der Waals surface area contributed by atoms with Crippen molar-refractivity contribution in [3.63, 3.8) is 0 Å². The molecule has 0 aromatic heterocycles. The lowest BCUT2D eigenvalue weighted by Gasteiger charge is -2.15. The smallest absolute Gasteiger partial charge is 0.321 e. The van der Waals surface area contributed by atoms with Crippen LogP contribution in [0.4, 0.5) is 14.9 Å². The maximum absolute atomic E-state index is 13.2. The number of rotatable bonds is 4. The minimum Gasteiger partial charge on any atom is -0.494 e. The number of urea groups is 1. The number of carbonyl (C=O) groups excluding carboxylic acids is 2. The molecule has 1 rings (SSSR count). The third kappa shape index (κ3) is 4.13. The molecule has 1 aromatic rings. The Morgan fingerprint density at radius 3 is 2.63 bits per heavy atom. The number of hydrogen-bond donors (Lipinski definition) is 3. The molecule has 19 heavy (non-hydrogen) atoms. The number of carbonyl (C=O) groups is 2. The standard InChI is InChI=1S/C12H16FN3O3/c1-7(11(17)16-12(18)14-2)15-8-4-5-9(13)10(6-8)19-3/h4-7,15H,1-3H3,(H2,14,16,17,18). The SMILES string of the molecule is CNC(=O)NC(=O)C(C)Nc1ccc(F)c(OC)c1. The normalized spacial score (nSPS) is 11.4. The first-order valence-corrected chi connectivity index (χ1v) is 5.60. The third-order valence-corrected chi connectivity index (χ3v) is 2.39. The number of amides is 3. The number of benzene rings is 1. The van der Waals surface area contributed by atoms with Crippen LogP contribution in [-0.4, -0.2) is 32.1 Å². The highest BCUT2D eigenvalue weighted by Crippen LogP contribution is 2.21. The summed E-state index contributed by atoms with van der Waals surface area (Å²) in [5.41, 5.74) is 0.512. The molecule has 0 spiro atoms. The monoisotopic (exact) mass is 269 g/mol. The molecule has 0 fully saturated rings. The fourth-order valence-corrected chi connectivity index (χ4v) is 1.35. The van der Waals surface area contributed by atoms with Gasteiger partial charge in [0.25, 0.3) is 0 Å². The van der Waals surface area contributed by atoms with Gasteiger partial charge in [0.1, 0.15) is 6.04 Å². The van der Waals surface area contributed by atoms with Gasteiger partial charge in [-0.3, -0.25) is 10.1 Å². The Kier molecular flexibility index (Phi) is 5.11. The highest BCUT2D eigenvalue weighted by molar-refractivity contribution is 5.97. The first kappa shape index (κ1) is 14.7. The lowest BCUT2D eigenvalue weighted by Crippen LogP contribution is -2.44. The summed E-state index contributed by atoms with van der Waals surface area (Å²) in [7, 11) is 2.76. The molecule has 0 saturated carbocycles. The number of nitrogens with one attached hydrogen (secondary N) is 3. The van der Waals surface area contributed by atoms with E-state index in [2.05, 4.69) is 16.0 Å². The quantitative estimate of drug-likeness (QED) is 0.764. The van der Waals surface area contributed by atoms with Gasteiger partial charge >= 0.3 is 6.03 Å². The van der Waals surface area contributed by atoms with Gasteiger partial charge < -0.3 is 15.4 Å². The molecule has 1 atom stereocenters. The van der Waals surface area contributed by atoms with E-state index in [1.807, 2.05) is 0 Å². The molecule has 104 valence electrons. The molecule has 0 aliphatic heterocycles. The summed E-state index contributed by atoms with van der Waals surface area (Å²) in [5.74, 6) is -0.915. The summed E-state index contributed by atoms with van der Waals surface area (Å²) in [6.07, 6.45) is 0. The van der Waals surface area contributed by atoms with Gasteiger partial charge in [0.05, 0.1) is 7.11 Å². The minimum atomic E-state index is -0.660. The zero-order valence-corrected chi connectivity index (χ0v) is 10.9. The van der Waals surface area contributed by atoms with Gasteiger partial charge in [-0.15, -0.1) is 0 Å². The Balaban J connectivity index is 2.68. The maximum Gasteiger partial charge on any atom is 0.321 e. The first-order valence-electron chi connectivity index (χ1n) is 5.60. The van der Waals surface area contributed by atoms with Crippen LogP contribution in [0.1, 0.15) is 6.92 Å². The Hall–Kier alpha value is -2.31. The number of imide groups is 1.